The van der Waals surface area contributed by atoms with Crippen molar-refractivity contribution in [2.24, 2.45) is 0 Å². The molecule has 2 atom stereocenters. The fourth-order valence-electron chi connectivity index (χ4n) is 3.48. The average molecular weight is 443 g/mol. The van der Waals surface area contributed by atoms with Crippen LogP contribution in [0, 0.1) is 13.8 Å². The van der Waals surface area contributed by atoms with Gasteiger partial charge in [-0.2, -0.15) is 0 Å². The Hall–Kier alpha value is -4.26. The van der Waals surface area contributed by atoms with Crippen molar-refractivity contribution in [3.63, 3.8) is 0 Å². The third-order valence-corrected chi connectivity index (χ3v) is 5.44. The first-order valence-electron chi connectivity index (χ1n) is 10.3. The quantitative estimate of drug-likeness (QED) is 0.442. The van der Waals surface area contributed by atoms with Gasteiger partial charge in [0.2, 0.25) is 12.2 Å². The lowest BCUT2D eigenvalue weighted by Crippen LogP contribution is -2.37. The highest BCUT2D eigenvalue weighted by Crippen LogP contribution is 2.29. The molecule has 1 fully saturated rings. The summed E-state index contributed by atoms with van der Waals surface area (Å²) in [6, 6.07) is 21.2. The van der Waals surface area contributed by atoms with Crippen LogP contribution in [0.2, 0.25) is 0 Å². The molecule has 7 nitrogen and oxygen atoms in total. The summed E-state index contributed by atoms with van der Waals surface area (Å²) in [4.78, 5) is 52.7. The van der Waals surface area contributed by atoms with Crippen LogP contribution >= 0.6 is 0 Å². The van der Waals surface area contributed by atoms with Crippen molar-refractivity contribution in [2.75, 3.05) is 4.90 Å². The molecule has 33 heavy (non-hydrogen) atoms. The van der Waals surface area contributed by atoms with Crippen molar-refractivity contribution < 1.29 is 28.7 Å². The van der Waals surface area contributed by atoms with E-state index in [9.17, 15) is 19.2 Å². The van der Waals surface area contributed by atoms with Gasteiger partial charge in [-0.15, -0.1) is 0 Å². The Labute approximate surface area is 190 Å². The molecule has 1 heterocycles. The van der Waals surface area contributed by atoms with E-state index >= 15 is 0 Å². The Kier molecular flexibility index (Phi) is 6.04. The Bertz CT molecular complexity index is 1150. The predicted octanol–water partition coefficient (Wildman–Crippen LogP) is 3.63. The first-order chi connectivity index (χ1) is 15.9. The molecule has 0 aliphatic carbocycles. The maximum Gasteiger partial charge on any atom is 0.339 e. The number of rotatable bonds is 5. The minimum atomic E-state index is -1.61. The Morgan fingerprint density at radius 2 is 1.12 bits per heavy atom. The number of benzene rings is 3. The van der Waals surface area contributed by atoms with E-state index in [1.54, 1.807) is 54.6 Å². The number of ether oxygens (including phenoxy) is 2. The number of imide groups is 1. The highest BCUT2D eigenvalue weighted by atomic mass is 16.6. The Balaban J connectivity index is 1.67. The Morgan fingerprint density at radius 1 is 0.667 bits per heavy atom. The molecular weight excluding hydrogens is 422 g/mol. The first kappa shape index (κ1) is 22.0. The number of esters is 2. The van der Waals surface area contributed by atoms with Crippen LogP contribution in [-0.2, 0) is 19.1 Å². The maximum absolute atomic E-state index is 13.2. The summed E-state index contributed by atoms with van der Waals surface area (Å²) in [5.41, 5.74) is 2.57. The third-order valence-electron chi connectivity index (χ3n) is 5.44. The van der Waals surface area contributed by atoms with E-state index in [2.05, 4.69) is 0 Å². The lowest BCUT2D eigenvalue weighted by atomic mass is 10.1. The van der Waals surface area contributed by atoms with Crippen LogP contribution in [0.25, 0.3) is 0 Å². The molecule has 0 bridgehead atoms. The number of amides is 2. The van der Waals surface area contributed by atoms with Gasteiger partial charge in [0.05, 0.1) is 16.8 Å². The van der Waals surface area contributed by atoms with Crippen molar-refractivity contribution in [3.8, 4) is 0 Å². The summed E-state index contributed by atoms with van der Waals surface area (Å²) in [5, 5.41) is 0. The second-order valence-electron chi connectivity index (χ2n) is 7.66. The highest BCUT2D eigenvalue weighted by molar-refractivity contribution is 6.25. The topological polar surface area (TPSA) is 90.0 Å². The van der Waals surface area contributed by atoms with Crippen molar-refractivity contribution in [1.82, 2.24) is 0 Å². The largest absolute Gasteiger partial charge is 0.444 e. The van der Waals surface area contributed by atoms with E-state index in [4.69, 9.17) is 9.47 Å². The first-order valence-corrected chi connectivity index (χ1v) is 10.3. The number of nitrogens with zero attached hydrogens (tertiary/aromatic N) is 1. The zero-order valence-corrected chi connectivity index (χ0v) is 18.1. The van der Waals surface area contributed by atoms with E-state index in [-0.39, 0.29) is 11.1 Å². The molecule has 0 aromatic heterocycles. The van der Waals surface area contributed by atoms with Crippen LogP contribution in [-0.4, -0.2) is 36.0 Å². The average Bonchev–Trinajstić information content (AvgIpc) is 3.06. The van der Waals surface area contributed by atoms with Crippen molar-refractivity contribution in [3.05, 3.63) is 101 Å². The van der Waals surface area contributed by atoms with Gasteiger partial charge in [-0.25, -0.2) is 14.5 Å². The monoisotopic (exact) mass is 443 g/mol. The van der Waals surface area contributed by atoms with Gasteiger partial charge in [0.1, 0.15) is 0 Å². The minimum Gasteiger partial charge on any atom is -0.444 e. The van der Waals surface area contributed by atoms with Gasteiger partial charge in [-0.1, -0.05) is 42.5 Å². The molecule has 0 unspecified atom stereocenters. The molecule has 7 heteroatoms. The summed E-state index contributed by atoms with van der Waals surface area (Å²) in [5.74, 6) is -3.16. The van der Waals surface area contributed by atoms with E-state index in [0.29, 0.717) is 5.69 Å². The van der Waals surface area contributed by atoms with E-state index in [0.717, 1.165) is 16.0 Å². The van der Waals surface area contributed by atoms with Gasteiger partial charge < -0.3 is 9.47 Å². The molecule has 166 valence electrons. The number of hydrogen-bond donors (Lipinski definition) is 0. The lowest BCUT2D eigenvalue weighted by Gasteiger charge is -2.16. The smallest absolute Gasteiger partial charge is 0.339 e. The van der Waals surface area contributed by atoms with Crippen molar-refractivity contribution in [2.45, 2.75) is 26.1 Å². The second-order valence-corrected chi connectivity index (χ2v) is 7.66. The summed E-state index contributed by atoms with van der Waals surface area (Å²) >= 11 is 0. The maximum atomic E-state index is 13.2. The molecule has 2 amide bonds. The molecule has 3 aromatic carbocycles. The number of anilines is 1. The van der Waals surface area contributed by atoms with Crippen LogP contribution in [0.1, 0.15) is 31.8 Å². The fourth-order valence-corrected chi connectivity index (χ4v) is 3.48. The normalized spacial score (nSPS) is 17.7. The van der Waals surface area contributed by atoms with Crippen LogP contribution < -0.4 is 4.90 Å². The van der Waals surface area contributed by atoms with Gasteiger partial charge in [0, 0.05) is 0 Å². The summed E-state index contributed by atoms with van der Waals surface area (Å²) in [6.45, 7) is 3.76. The molecular formula is C26H21NO6. The Morgan fingerprint density at radius 3 is 1.55 bits per heavy atom. The van der Waals surface area contributed by atoms with Gasteiger partial charge in [0.25, 0.3) is 11.8 Å². The number of aryl methyl sites for hydroxylation is 2. The third kappa shape index (κ3) is 4.39. The van der Waals surface area contributed by atoms with Crippen LogP contribution in [0.4, 0.5) is 5.69 Å². The summed E-state index contributed by atoms with van der Waals surface area (Å²) in [7, 11) is 0. The molecule has 1 aliphatic heterocycles. The SMILES string of the molecule is Cc1ccc(N2C(=O)[C@@H](OC(=O)c3ccccc3)[C@H](OC(=O)c3ccccc3)C2=O)cc1C. The van der Waals surface area contributed by atoms with Crippen LogP contribution in [0.5, 0.6) is 0 Å². The minimum absolute atomic E-state index is 0.204. The van der Waals surface area contributed by atoms with Crippen LogP contribution in [0.3, 0.4) is 0 Å². The molecule has 0 radical (unpaired) electrons. The fraction of sp³-hybridized carbons (Fsp3) is 0.154. The van der Waals surface area contributed by atoms with Gasteiger partial charge in [-0.3, -0.25) is 9.59 Å². The van der Waals surface area contributed by atoms with Gasteiger partial charge in [0.15, 0.2) is 0 Å². The lowest BCUT2D eigenvalue weighted by molar-refractivity contribution is -0.130. The number of carbonyl (C=O) groups excluding carboxylic acids is 4. The molecule has 3 aromatic rings. The van der Waals surface area contributed by atoms with E-state index < -0.39 is 36.0 Å². The number of hydrogen-bond acceptors (Lipinski definition) is 6. The molecule has 0 N–H and O–H groups in total. The van der Waals surface area contributed by atoms with E-state index in [1.807, 2.05) is 13.8 Å². The standard InChI is InChI=1S/C26H21NO6/c1-16-13-14-20(15-17(16)2)27-23(28)21(32-25(30)18-9-5-3-6-10-18)22(24(27)29)33-26(31)19-11-7-4-8-12-19/h3-15,21-22H,1-2H3/t21-,22-/m0/s1. The molecule has 4 rings (SSSR count). The van der Waals surface area contributed by atoms with Crippen LogP contribution in [0.15, 0.2) is 78.9 Å². The second kappa shape index (κ2) is 9.08. The molecule has 0 saturated carbocycles. The molecule has 1 aliphatic rings. The van der Waals surface area contributed by atoms with Gasteiger partial charge >= 0.3 is 11.9 Å². The summed E-state index contributed by atoms with van der Waals surface area (Å²) in [6.07, 6.45) is -3.22. The summed E-state index contributed by atoms with van der Waals surface area (Å²) < 4.78 is 10.8. The molecule has 1 saturated heterocycles. The number of carbonyl (C=O) groups is 4. The predicted molar refractivity (Wildman–Crippen MR) is 120 cm³/mol. The van der Waals surface area contributed by atoms with Crippen molar-refractivity contribution >= 4 is 29.4 Å². The van der Waals surface area contributed by atoms with E-state index in [1.165, 1.54) is 24.3 Å². The van der Waals surface area contributed by atoms with Gasteiger partial charge in [-0.05, 0) is 61.4 Å². The van der Waals surface area contributed by atoms with Crippen molar-refractivity contribution in [1.29, 1.82) is 0 Å². The zero-order chi connectivity index (χ0) is 23.5. The molecule has 0 spiro atoms. The highest BCUT2D eigenvalue weighted by Gasteiger charge is 2.53. The zero-order valence-electron chi connectivity index (χ0n) is 18.1.